The molecule has 0 bridgehead atoms. The van der Waals surface area contributed by atoms with Crippen LogP contribution in [0.5, 0.6) is 0 Å². The van der Waals surface area contributed by atoms with Crippen LogP contribution in [0.1, 0.15) is 48.2 Å². The van der Waals surface area contributed by atoms with Gasteiger partial charge in [-0.25, -0.2) is 0 Å². The Kier molecular flexibility index (Phi) is 7.32. The number of ether oxygens (including phenoxy) is 1. The molecule has 148 valence electrons. The number of aryl methyl sites for hydroxylation is 1. The molecule has 0 aliphatic carbocycles. The first-order valence-corrected chi connectivity index (χ1v) is 9.21. The van der Waals surface area contributed by atoms with Crippen molar-refractivity contribution in [3.05, 3.63) is 65.2 Å². The Balaban J connectivity index is 1.80. The molecule has 2 N–H and O–H groups in total. The third kappa shape index (κ3) is 6.23. The summed E-state index contributed by atoms with van der Waals surface area (Å²) in [5, 5.41) is 5.20. The van der Waals surface area contributed by atoms with E-state index in [4.69, 9.17) is 4.74 Å². The first-order valence-electron chi connectivity index (χ1n) is 9.21. The van der Waals surface area contributed by atoms with Gasteiger partial charge in [-0.2, -0.15) is 0 Å². The topological polar surface area (TPSA) is 84.5 Å². The van der Waals surface area contributed by atoms with E-state index in [0.717, 1.165) is 5.56 Å². The van der Waals surface area contributed by atoms with Gasteiger partial charge in [0.05, 0.1) is 0 Å². The third-order valence-electron chi connectivity index (χ3n) is 4.20. The number of benzene rings is 2. The second-order valence-corrected chi connectivity index (χ2v) is 6.95. The fraction of sp³-hybridized carbons (Fsp3) is 0.318. The fourth-order valence-corrected chi connectivity index (χ4v) is 2.53. The third-order valence-corrected chi connectivity index (χ3v) is 4.20. The molecule has 0 aliphatic heterocycles. The van der Waals surface area contributed by atoms with Gasteiger partial charge in [0.2, 0.25) is 0 Å². The number of hydrogen-bond donors (Lipinski definition) is 2. The largest absolute Gasteiger partial charge is 0.451 e. The van der Waals surface area contributed by atoms with Crippen molar-refractivity contribution in [2.24, 2.45) is 0 Å². The maximum Gasteiger partial charge on any atom is 0.326 e. The van der Waals surface area contributed by atoms with E-state index in [1.54, 1.807) is 18.2 Å². The molecule has 0 aliphatic rings. The molecule has 1 atom stereocenters. The standard InChI is InChI=1S/C22H26N2O4/c1-14(2)17-8-10-19(11-9-17)24-21(26)16(4)28-20(25)13-23-22(27)18-7-5-6-15(3)12-18/h5-12,14,16H,13H2,1-4H3,(H,23,27)(H,24,26)/t16-/m0/s1. The molecular weight excluding hydrogens is 356 g/mol. The maximum atomic E-state index is 12.2. The van der Waals surface area contributed by atoms with Gasteiger partial charge < -0.3 is 15.4 Å². The van der Waals surface area contributed by atoms with Crippen molar-refractivity contribution in [2.75, 3.05) is 11.9 Å². The van der Waals surface area contributed by atoms with Crippen LogP contribution in [0.4, 0.5) is 5.69 Å². The van der Waals surface area contributed by atoms with Crippen molar-refractivity contribution < 1.29 is 19.1 Å². The number of esters is 1. The minimum absolute atomic E-state index is 0.312. The van der Waals surface area contributed by atoms with Crippen LogP contribution in [0.25, 0.3) is 0 Å². The second-order valence-electron chi connectivity index (χ2n) is 6.95. The van der Waals surface area contributed by atoms with E-state index >= 15 is 0 Å². The highest BCUT2D eigenvalue weighted by molar-refractivity contribution is 5.97. The summed E-state index contributed by atoms with van der Waals surface area (Å²) in [4.78, 5) is 36.1. The van der Waals surface area contributed by atoms with Crippen molar-refractivity contribution in [1.29, 1.82) is 0 Å². The first kappa shape index (κ1) is 21.2. The molecule has 2 aromatic rings. The van der Waals surface area contributed by atoms with Crippen LogP contribution in [0.2, 0.25) is 0 Å². The van der Waals surface area contributed by atoms with E-state index in [-0.39, 0.29) is 12.5 Å². The number of rotatable bonds is 7. The minimum atomic E-state index is -0.979. The molecule has 6 heteroatoms. The van der Waals surface area contributed by atoms with E-state index in [0.29, 0.717) is 17.2 Å². The summed E-state index contributed by atoms with van der Waals surface area (Å²) >= 11 is 0. The number of amides is 2. The molecule has 0 unspecified atom stereocenters. The number of carbonyl (C=O) groups is 3. The van der Waals surface area contributed by atoms with Crippen LogP contribution in [-0.4, -0.2) is 30.4 Å². The van der Waals surface area contributed by atoms with Crippen LogP contribution in [0.15, 0.2) is 48.5 Å². The fourth-order valence-electron chi connectivity index (χ4n) is 2.53. The molecular formula is C22H26N2O4. The zero-order valence-corrected chi connectivity index (χ0v) is 16.6. The van der Waals surface area contributed by atoms with E-state index < -0.39 is 18.0 Å². The molecule has 2 amide bonds. The first-order chi connectivity index (χ1) is 13.3. The van der Waals surface area contributed by atoms with Gasteiger partial charge >= 0.3 is 5.97 Å². The molecule has 6 nitrogen and oxygen atoms in total. The molecule has 28 heavy (non-hydrogen) atoms. The van der Waals surface area contributed by atoms with Gasteiger partial charge in [0.1, 0.15) is 6.54 Å². The van der Waals surface area contributed by atoms with Crippen LogP contribution in [-0.2, 0) is 14.3 Å². The van der Waals surface area contributed by atoms with Crippen molar-refractivity contribution >= 4 is 23.5 Å². The Labute approximate surface area is 165 Å². The summed E-state index contributed by atoms with van der Waals surface area (Å²) in [6.07, 6.45) is -0.979. The van der Waals surface area contributed by atoms with Crippen LogP contribution < -0.4 is 10.6 Å². The van der Waals surface area contributed by atoms with Gasteiger partial charge in [-0.15, -0.1) is 0 Å². The summed E-state index contributed by atoms with van der Waals surface area (Å²) in [5.74, 6) is -1.09. The maximum absolute atomic E-state index is 12.2. The molecule has 2 rings (SSSR count). The lowest BCUT2D eigenvalue weighted by atomic mass is 10.0. The van der Waals surface area contributed by atoms with Crippen LogP contribution in [0.3, 0.4) is 0 Å². The van der Waals surface area contributed by atoms with Gasteiger partial charge in [-0.3, -0.25) is 14.4 Å². The summed E-state index contributed by atoms with van der Waals surface area (Å²) in [7, 11) is 0. The SMILES string of the molecule is Cc1cccc(C(=O)NCC(=O)O[C@@H](C)C(=O)Nc2ccc(C(C)C)cc2)c1. The predicted octanol–water partition coefficient (Wildman–Crippen LogP) is 3.42. The molecule has 0 aromatic heterocycles. The zero-order valence-electron chi connectivity index (χ0n) is 16.6. The summed E-state index contributed by atoms with van der Waals surface area (Å²) in [5.41, 5.74) is 3.21. The van der Waals surface area contributed by atoms with Gasteiger partial charge in [0.15, 0.2) is 6.10 Å². The predicted molar refractivity (Wildman–Crippen MR) is 108 cm³/mol. The van der Waals surface area contributed by atoms with Gasteiger partial charge in [0, 0.05) is 11.3 Å². The minimum Gasteiger partial charge on any atom is -0.451 e. The monoisotopic (exact) mass is 382 g/mol. The lowest BCUT2D eigenvalue weighted by Crippen LogP contribution is -2.35. The zero-order chi connectivity index (χ0) is 20.7. The Morgan fingerprint density at radius 1 is 1.00 bits per heavy atom. The highest BCUT2D eigenvalue weighted by Gasteiger charge is 2.18. The van der Waals surface area contributed by atoms with E-state index in [1.165, 1.54) is 12.5 Å². The van der Waals surface area contributed by atoms with Crippen molar-refractivity contribution in [3.8, 4) is 0 Å². The molecule has 0 radical (unpaired) electrons. The lowest BCUT2D eigenvalue weighted by Gasteiger charge is -2.14. The van der Waals surface area contributed by atoms with Gasteiger partial charge in [0.25, 0.3) is 11.8 Å². The summed E-state index contributed by atoms with van der Waals surface area (Å²) in [6, 6.07) is 14.5. The average molecular weight is 382 g/mol. The van der Waals surface area contributed by atoms with E-state index in [9.17, 15) is 14.4 Å². The van der Waals surface area contributed by atoms with Crippen molar-refractivity contribution in [1.82, 2.24) is 5.32 Å². The molecule has 2 aromatic carbocycles. The van der Waals surface area contributed by atoms with E-state index in [1.807, 2.05) is 37.3 Å². The lowest BCUT2D eigenvalue weighted by molar-refractivity contribution is -0.152. The Morgan fingerprint density at radius 3 is 2.29 bits per heavy atom. The summed E-state index contributed by atoms with van der Waals surface area (Å²) in [6.45, 7) is 7.23. The van der Waals surface area contributed by atoms with Crippen molar-refractivity contribution in [3.63, 3.8) is 0 Å². The number of nitrogens with one attached hydrogen (secondary N) is 2. The van der Waals surface area contributed by atoms with Crippen LogP contribution in [0, 0.1) is 6.92 Å². The molecule has 0 saturated carbocycles. The van der Waals surface area contributed by atoms with Crippen LogP contribution >= 0.6 is 0 Å². The smallest absolute Gasteiger partial charge is 0.326 e. The second kappa shape index (κ2) is 9.69. The molecule has 0 spiro atoms. The molecule has 0 saturated heterocycles. The Morgan fingerprint density at radius 2 is 1.68 bits per heavy atom. The summed E-state index contributed by atoms with van der Waals surface area (Å²) < 4.78 is 5.09. The Hall–Kier alpha value is -3.15. The van der Waals surface area contributed by atoms with Gasteiger partial charge in [-0.05, 0) is 49.6 Å². The molecule has 0 fully saturated rings. The highest BCUT2D eigenvalue weighted by Crippen LogP contribution is 2.17. The number of anilines is 1. The number of carbonyl (C=O) groups excluding carboxylic acids is 3. The molecule has 0 heterocycles. The highest BCUT2D eigenvalue weighted by atomic mass is 16.5. The Bertz CT molecular complexity index is 844. The van der Waals surface area contributed by atoms with Gasteiger partial charge in [-0.1, -0.05) is 43.7 Å². The van der Waals surface area contributed by atoms with E-state index in [2.05, 4.69) is 24.5 Å². The number of hydrogen-bond acceptors (Lipinski definition) is 4. The normalized spacial score (nSPS) is 11.6. The average Bonchev–Trinajstić information content (AvgIpc) is 2.66. The quantitative estimate of drug-likeness (QED) is 0.719. The van der Waals surface area contributed by atoms with Crippen molar-refractivity contribution in [2.45, 2.75) is 39.7 Å².